The second-order valence-electron chi connectivity index (χ2n) is 6.08. The Balaban J connectivity index is 2.14. The van der Waals surface area contributed by atoms with E-state index in [0.717, 1.165) is 4.31 Å². The minimum absolute atomic E-state index is 0.00935. The van der Waals surface area contributed by atoms with Gasteiger partial charge in [0.15, 0.2) is 0 Å². The number of halogens is 1. The van der Waals surface area contributed by atoms with Gasteiger partial charge in [0, 0.05) is 25.3 Å². The molecule has 26 heavy (non-hydrogen) atoms. The maximum Gasteiger partial charge on any atom is 0.255 e. The fourth-order valence-corrected chi connectivity index (χ4v) is 3.25. The summed E-state index contributed by atoms with van der Waals surface area (Å²) in [6, 6.07) is 10.7. The fraction of sp³-hybridized carbons (Fsp3) is 0.278. The molecule has 0 aliphatic heterocycles. The summed E-state index contributed by atoms with van der Waals surface area (Å²) >= 11 is 6.16. The van der Waals surface area contributed by atoms with Crippen molar-refractivity contribution in [2.75, 3.05) is 19.4 Å². The SMILES string of the molecule is CC(C)Oc1ccc(NC(=O)c2ccc(S(=O)(=O)N(C)C)cc2)cc1Cl. The molecule has 0 atom stereocenters. The Kier molecular flexibility index (Phi) is 6.28. The van der Waals surface area contributed by atoms with Crippen LogP contribution in [-0.2, 0) is 10.0 Å². The van der Waals surface area contributed by atoms with E-state index in [0.29, 0.717) is 22.0 Å². The standard InChI is InChI=1S/C18H21ClN2O4S/c1-12(2)25-17-10-7-14(11-16(17)19)20-18(22)13-5-8-15(9-6-13)26(23,24)21(3)4/h5-12H,1-4H3,(H,20,22). The molecule has 0 saturated heterocycles. The molecule has 0 aromatic heterocycles. The maximum atomic E-state index is 12.3. The number of carbonyl (C=O) groups excluding carboxylic acids is 1. The molecule has 8 heteroatoms. The Morgan fingerprint density at radius 2 is 1.73 bits per heavy atom. The third-order valence-electron chi connectivity index (χ3n) is 3.45. The zero-order valence-electron chi connectivity index (χ0n) is 15.0. The van der Waals surface area contributed by atoms with Crippen LogP contribution in [0.15, 0.2) is 47.4 Å². The highest BCUT2D eigenvalue weighted by molar-refractivity contribution is 7.89. The molecule has 0 spiro atoms. The molecular formula is C18H21ClN2O4S. The van der Waals surface area contributed by atoms with Crippen molar-refractivity contribution in [1.82, 2.24) is 4.31 Å². The van der Waals surface area contributed by atoms with Crippen LogP contribution in [0, 0.1) is 0 Å². The van der Waals surface area contributed by atoms with E-state index >= 15 is 0 Å². The maximum absolute atomic E-state index is 12.3. The van der Waals surface area contributed by atoms with Crippen LogP contribution < -0.4 is 10.1 Å². The first kappa shape index (κ1) is 20.2. The van der Waals surface area contributed by atoms with Crippen molar-refractivity contribution in [3.8, 4) is 5.75 Å². The Morgan fingerprint density at radius 1 is 1.12 bits per heavy atom. The highest BCUT2D eigenvalue weighted by Crippen LogP contribution is 2.28. The van der Waals surface area contributed by atoms with Gasteiger partial charge in [0.2, 0.25) is 10.0 Å². The van der Waals surface area contributed by atoms with Crippen LogP contribution in [0.1, 0.15) is 24.2 Å². The summed E-state index contributed by atoms with van der Waals surface area (Å²) in [6.45, 7) is 3.79. The molecule has 0 fully saturated rings. The van der Waals surface area contributed by atoms with Gasteiger partial charge in [-0.3, -0.25) is 4.79 Å². The van der Waals surface area contributed by atoms with Gasteiger partial charge >= 0.3 is 0 Å². The Hall–Kier alpha value is -2.09. The van der Waals surface area contributed by atoms with E-state index < -0.39 is 10.0 Å². The van der Waals surface area contributed by atoms with Crippen LogP contribution in [0.25, 0.3) is 0 Å². The average molecular weight is 397 g/mol. The van der Waals surface area contributed by atoms with E-state index in [2.05, 4.69) is 5.32 Å². The van der Waals surface area contributed by atoms with Crippen molar-refractivity contribution in [2.24, 2.45) is 0 Å². The molecule has 0 aliphatic carbocycles. The van der Waals surface area contributed by atoms with E-state index in [1.807, 2.05) is 13.8 Å². The first-order chi connectivity index (χ1) is 12.1. The first-order valence-corrected chi connectivity index (χ1v) is 9.73. The molecule has 0 bridgehead atoms. The fourth-order valence-electron chi connectivity index (χ4n) is 2.12. The molecule has 1 N–H and O–H groups in total. The lowest BCUT2D eigenvalue weighted by molar-refractivity contribution is 0.102. The molecule has 2 aromatic carbocycles. The van der Waals surface area contributed by atoms with E-state index in [1.165, 1.54) is 38.4 Å². The van der Waals surface area contributed by atoms with Gasteiger partial charge in [-0.2, -0.15) is 0 Å². The van der Waals surface area contributed by atoms with Crippen LogP contribution in [0.3, 0.4) is 0 Å². The van der Waals surface area contributed by atoms with Crippen LogP contribution in [-0.4, -0.2) is 38.8 Å². The number of nitrogens with one attached hydrogen (secondary N) is 1. The molecule has 140 valence electrons. The summed E-state index contributed by atoms with van der Waals surface area (Å²) in [5.74, 6) is 0.172. The van der Waals surface area contributed by atoms with Crippen LogP contribution in [0.5, 0.6) is 5.75 Å². The highest BCUT2D eigenvalue weighted by Gasteiger charge is 2.17. The number of ether oxygens (including phenoxy) is 1. The molecule has 0 unspecified atom stereocenters. The second-order valence-corrected chi connectivity index (χ2v) is 8.64. The monoisotopic (exact) mass is 396 g/mol. The quantitative estimate of drug-likeness (QED) is 0.808. The molecule has 1 amide bonds. The number of anilines is 1. The number of amides is 1. The van der Waals surface area contributed by atoms with Gasteiger partial charge in [0.1, 0.15) is 5.75 Å². The summed E-state index contributed by atoms with van der Waals surface area (Å²) < 4.78 is 30.8. The van der Waals surface area contributed by atoms with Gasteiger partial charge in [-0.25, -0.2) is 12.7 Å². The van der Waals surface area contributed by atoms with Crippen molar-refractivity contribution in [1.29, 1.82) is 0 Å². The first-order valence-electron chi connectivity index (χ1n) is 7.91. The van der Waals surface area contributed by atoms with Crippen LogP contribution in [0.2, 0.25) is 5.02 Å². The Bertz CT molecular complexity index is 894. The van der Waals surface area contributed by atoms with Crippen molar-refractivity contribution >= 4 is 33.2 Å². The molecular weight excluding hydrogens is 376 g/mol. The van der Waals surface area contributed by atoms with E-state index in [9.17, 15) is 13.2 Å². The number of rotatable bonds is 6. The second kappa shape index (κ2) is 8.07. The summed E-state index contributed by atoms with van der Waals surface area (Å²) in [7, 11) is -0.627. The summed E-state index contributed by atoms with van der Waals surface area (Å²) in [5, 5.41) is 3.11. The average Bonchev–Trinajstić information content (AvgIpc) is 2.57. The molecule has 0 radical (unpaired) electrons. The lowest BCUT2D eigenvalue weighted by atomic mass is 10.2. The minimum Gasteiger partial charge on any atom is -0.489 e. The van der Waals surface area contributed by atoms with Crippen LogP contribution in [0.4, 0.5) is 5.69 Å². The molecule has 6 nitrogen and oxygen atoms in total. The van der Waals surface area contributed by atoms with Gasteiger partial charge < -0.3 is 10.1 Å². The zero-order chi connectivity index (χ0) is 19.5. The van der Waals surface area contributed by atoms with Crippen molar-refractivity contribution in [2.45, 2.75) is 24.8 Å². The van der Waals surface area contributed by atoms with E-state index in [1.54, 1.807) is 18.2 Å². The van der Waals surface area contributed by atoms with E-state index in [4.69, 9.17) is 16.3 Å². The largest absolute Gasteiger partial charge is 0.489 e. The molecule has 2 rings (SSSR count). The normalized spacial score (nSPS) is 11.7. The van der Waals surface area contributed by atoms with Gasteiger partial charge in [-0.15, -0.1) is 0 Å². The summed E-state index contributed by atoms with van der Waals surface area (Å²) in [4.78, 5) is 12.5. The Morgan fingerprint density at radius 3 is 2.23 bits per heavy atom. The number of carbonyl (C=O) groups is 1. The predicted octanol–water partition coefficient (Wildman–Crippen LogP) is 3.63. The zero-order valence-corrected chi connectivity index (χ0v) is 16.6. The molecule has 0 saturated carbocycles. The number of benzene rings is 2. The minimum atomic E-state index is -3.53. The number of hydrogen-bond donors (Lipinski definition) is 1. The predicted molar refractivity (Wildman–Crippen MR) is 102 cm³/mol. The lowest BCUT2D eigenvalue weighted by Gasteiger charge is -2.13. The van der Waals surface area contributed by atoms with Gasteiger partial charge in [0.05, 0.1) is 16.0 Å². The van der Waals surface area contributed by atoms with Gasteiger partial charge in [-0.1, -0.05) is 11.6 Å². The number of sulfonamides is 1. The van der Waals surface area contributed by atoms with Crippen molar-refractivity contribution < 1.29 is 17.9 Å². The molecule has 0 heterocycles. The van der Waals surface area contributed by atoms with Gasteiger partial charge in [0.25, 0.3) is 5.91 Å². The number of nitrogens with zero attached hydrogens (tertiary/aromatic N) is 1. The van der Waals surface area contributed by atoms with Gasteiger partial charge in [-0.05, 0) is 56.3 Å². The third-order valence-corrected chi connectivity index (χ3v) is 5.57. The number of hydrogen-bond acceptors (Lipinski definition) is 4. The van der Waals surface area contributed by atoms with Crippen LogP contribution >= 0.6 is 11.6 Å². The molecule has 2 aromatic rings. The molecule has 0 aliphatic rings. The highest BCUT2D eigenvalue weighted by atomic mass is 35.5. The van der Waals surface area contributed by atoms with E-state index in [-0.39, 0.29) is 16.9 Å². The summed E-state index contributed by atoms with van der Waals surface area (Å²) in [5.41, 5.74) is 0.849. The smallest absolute Gasteiger partial charge is 0.255 e. The third kappa shape index (κ3) is 4.75. The Labute approximate surface area is 158 Å². The topological polar surface area (TPSA) is 75.7 Å². The summed E-state index contributed by atoms with van der Waals surface area (Å²) in [6.07, 6.45) is -0.00935. The lowest BCUT2D eigenvalue weighted by Crippen LogP contribution is -2.22. The van der Waals surface area contributed by atoms with Crippen molar-refractivity contribution in [3.05, 3.63) is 53.1 Å². The van der Waals surface area contributed by atoms with Crippen molar-refractivity contribution in [3.63, 3.8) is 0 Å².